The van der Waals surface area contributed by atoms with Gasteiger partial charge in [0, 0.05) is 24.0 Å². The number of carboxylic acid groups (broad SMARTS) is 1. The minimum absolute atomic E-state index is 0.0107. The average molecular weight is 356 g/mol. The van der Waals surface area contributed by atoms with Crippen LogP contribution >= 0.6 is 15.9 Å². The van der Waals surface area contributed by atoms with E-state index in [0.29, 0.717) is 39.0 Å². The molecule has 1 fully saturated rings. The Balaban J connectivity index is 1.67. The van der Waals surface area contributed by atoms with Gasteiger partial charge in [-0.05, 0) is 31.0 Å². The third-order valence-corrected chi connectivity index (χ3v) is 3.98. The fourth-order valence-corrected chi connectivity index (χ4v) is 2.69. The first-order valence-electron chi connectivity index (χ1n) is 6.95. The monoisotopic (exact) mass is 355 g/mol. The molecule has 0 radical (unpaired) electrons. The van der Waals surface area contributed by atoms with Gasteiger partial charge in [-0.1, -0.05) is 22.0 Å². The van der Waals surface area contributed by atoms with Crippen molar-refractivity contribution in [2.75, 3.05) is 19.7 Å². The lowest BCUT2D eigenvalue weighted by Gasteiger charge is -2.15. The quantitative estimate of drug-likeness (QED) is 0.796. The normalized spacial score (nSPS) is 17.8. The Morgan fingerprint density at radius 1 is 1.43 bits per heavy atom. The largest absolute Gasteiger partial charge is 0.494 e. The van der Waals surface area contributed by atoms with Crippen LogP contribution in [-0.4, -0.2) is 41.6 Å². The van der Waals surface area contributed by atoms with Gasteiger partial charge in [-0.25, -0.2) is 0 Å². The van der Waals surface area contributed by atoms with Crippen molar-refractivity contribution in [2.45, 2.75) is 19.3 Å². The zero-order chi connectivity index (χ0) is 15.2. The summed E-state index contributed by atoms with van der Waals surface area (Å²) in [5, 5.41) is 8.91. The van der Waals surface area contributed by atoms with Crippen LogP contribution in [0.4, 0.5) is 0 Å². The van der Waals surface area contributed by atoms with Crippen LogP contribution in [0.2, 0.25) is 0 Å². The number of hydrogen-bond acceptors (Lipinski definition) is 3. The summed E-state index contributed by atoms with van der Waals surface area (Å²) >= 11 is 3.37. The number of halogens is 1. The highest BCUT2D eigenvalue weighted by molar-refractivity contribution is 9.10. The van der Waals surface area contributed by atoms with Crippen molar-refractivity contribution in [1.29, 1.82) is 0 Å². The molecular weight excluding hydrogens is 338 g/mol. The molecule has 0 aromatic heterocycles. The first-order valence-corrected chi connectivity index (χ1v) is 7.74. The maximum Gasteiger partial charge on any atom is 0.308 e. The number of likely N-dealkylation sites (tertiary alicyclic amines) is 1. The van der Waals surface area contributed by atoms with Crippen molar-refractivity contribution in [3.63, 3.8) is 0 Å². The van der Waals surface area contributed by atoms with Crippen LogP contribution in [-0.2, 0) is 9.59 Å². The summed E-state index contributed by atoms with van der Waals surface area (Å²) in [5.41, 5.74) is 0. The highest BCUT2D eigenvalue weighted by Crippen LogP contribution is 2.19. The number of carboxylic acids is 1. The molecule has 1 aliphatic heterocycles. The molecular formula is C15H18BrNO4. The number of nitrogens with zero attached hydrogens (tertiary/aromatic N) is 1. The second-order valence-electron chi connectivity index (χ2n) is 5.07. The first-order chi connectivity index (χ1) is 10.1. The molecule has 2 rings (SSSR count). The zero-order valence-electron chi connectivity index (χ0n) is 11.6. The summed E-state index contributed by atoms with van der Waals surface area (Å²) < 4.78 is 6.52. The van der Waals surface area contributed by atoms with Crippen LogP contribution < -0.4 is 4.74 Å². The van der Waals surface area contributed by atoms with Crippen LogP contribution in [0.1, 0.15) is 19.3 Å². The van der Waals surface area contributed by atoms with Gasteiger partial charge in [-0.15, -0.1) is 0 Å². The molecule has 1 aliphatic rings. The van der Waals surface area contributed by atoms with E-state index in [1.807, 2.05) is 24.3 Å². The molecule has 1 atom stereocenters. The van der Waals surface area contributed by atoms with Crippen molar-refractivity contribution in [2.24, 2.45) is 5.92 Å². The maximum atomic E-state index is 11.9. The number of carbonyl (C=O) groups excluding carboxylic acids is 1. The summed E-state index contributed by atoms with van der Waals surface area (Å²) in [4.78, 5) is 24.4. The summed E-state index contributed by atoms with van der Waals surface area (Å²) in [6.07, 6.45) is 1.57. The number of benzene rings is 1. The van der Waals surface area contributed by atoms with E-state index in [0.717, 1.165) is 10.2 Å². The van der Waals surface area contributed by atoms with E-state index in [-0.39, 0.29) is 5.91 Å². The van der Waals surface area contributed by atoms with Crippen molar-refractivity contribution in [3.8, 4) is 5.75 Å². The standard InChI is InChI=1S/C15H18BrNO4/c16-12-3-1-4-13(9-12)21-8-2-5-14(18)17-7-6-11(10-17)15(19)20/h1,3-4,9,11H,2,5-8,10H2,(H,19,20)/t11-/m0/s1. The summed E-state index contributed by atoms with van der Waals surface area (Å²) in [7, 11) is 0. The first kappa shape index (κ1) is 15.8. The highest BCUT2D eigenvalue weighted by atomic mass is 79.9. The van der Waals surface area contributed by atoms with Gasteiger partial charge in [0.2, 0.25) is 5.91 Å². The SMILES string of the molecule is O=C(O)[C@H]1CCN(C(=O)CCCOc2cccc(Br)c2)C1. The zero-order valence-corrected chi connectivity index (χ0v) is 13.2. The van der Waals surface area contributed by atoms with Crippen LogP contribution in [0.25, 0.3) is 0 Å². The molecule has 21 heavy (non-hydrogen) atoms. The van der Waals surface area contributed by atoms with E-state index in [2.05, 4.69) is 15.9 Å². The Morgan fingerprint density at radius 2 is 2.24 bits per heavy atom. The molecule has 0 unspecified atom stereocenters. The van der Waals surface area contributed by atoms with Crippen molar-refractivity contribution < 1.29 is 19.4 Å². The van der Waals surface area contributed by atoms with E-state index in [4.69, 9.17) is 9.84 Å². The van der Waals surface area contributed by atoms with Crippen LogP contribution in [0.3, 0.4) is 0 Å². The van der Waals surface area contributed by atoms with Gasteiger partial charge < -0.3 is 14.7 Å². The number of hydrogen-bond donors (Lipinski definition) is 1. The molecule has 1 aromatic carbocycles. The Morgan fingerprint density at radius 3 is 2.90 bits per heavy atom. The van der Waals surface area contributed by atoms with Gasteiger partial charge in [-0.2, -0.15) is 0 Å². The second-order valence-corrected chi connectivity index (χ2v) is 5.99. The lowest BCUT2D eigenvalue weighted by atomic mass is 10.1. The minimum Gasteiger partial charge on any atom is -0.494 e. The predicted molar refractivity (Wildman–Crippen MR) is 81.2 cm³/mol. The van der Waals surface area contributed by atoms with Crippen molar-refractivity contribution >= 4 is 27.8 Å². The van der Waals surface area contributed by atoms with E-state index in [1.54, 1.807) is 4.90 Å². The molecule has 1 aromatic rings. The molecule has 1 amide bonds. The van der Waals surface area contributed by atoms with Crippen LogP contribution in [0.5, 0.6) is 5.75 Å². The van der Waals surface area contributed by atoms with Gasteiger partial charge >= 0.3 is 5.97 Å². The number of rotatable bonds is 6. The molecule has 5 nitrogen and oxygen atoms in total. The van der Waals surface area contributed by atoms with Crippen molar-refractivity contribution in [1.82, 2.24) is 4.90 Å². The Labute approximate surface area is 132 Å². The Hall–Kier alpha value is -1.56. The third-order valence-electron chi connectivity index (χ3n) is 3.49. The maximum absolute atomic E-state index is 11.9. The van der Waals surface area contributed by atoms with Gasteiger partial charge in [-0.3, -0.25) is 9.59 Å². The lowest BCUT2D eigenvalue weighted by molar-refractivity contribution is -0.141. The lowest BCUT2D eigenvalue weighted by Crippen LogP contribution is -2.30. The van der Waals surface area contributed by atoms with Gasteiger partial charge in [0.05, 0.1) is 12.5 Å². The molecule has 0 bridgehead atoms. The molecule has 0 saturated carbocycles. The molecule has 0 spiro atoms. The Bertz CT molecular complexity index is 520. The van der Waals surface area contributed by atoms with Gasteiger partial charge in [0.25, 0.3) is 0 Å². The summed E-state index contributed by atoms with van der Waals surface area (Å²) in [5.74, 6) is -0.448. The summed E-state index contributed by atoms with van der Waals surface area (Å²) in [6.45, 7) is 1.35. The third kappa shape index (κ3) is 4.74. The number of carbonyl (C=O) groups is 2. The van der Waals surface area contributed by atoms with E-state index >= 15 is 0 Å². The smallest absolute Gasteiger partial charge is 0.308 e. The van der Waals surface area contributed by atoms with E-state index < -0.39 is 11.9 Å². The van der Waals surface area contributed by atoms with Crippen molar-refractivity contribution in [3.05, 3.63) is 28.7 Å². The number of aliphatic carboxylic acids is 1. The average Bonchev–Trinajstić information content (AvgIpc) is 2.93. The predicted octanol–water partition coefficient (Wildman–Crippen LogP) is 2.54. The van der Waals surface area contributed by atoms with E-state index in [9.17, 15) is 9.59 Å². The minimum atomic E-state index is -0.816. The van der Waals surface area contributed by atoms with E-state index in [1.165, 1.54) is 0 Å². The fourth-order valence-electron chi connectivity index (χ4n) is 2.32. The van der Waals surface area contributed by atoms with Gasteiger partial charge in [0.1, 0.15) is 5.75 Å². The topological polar surface area (TPSA) is 66.8 Å². The molecule has 114 valence electrons. The molecule has 0 aliphatic carbocycles. The van der Waals surface area contributed by atoms with Gasteiger partial charge in [0.15, 0.2) is 0 Å². The molecule has 1 N–H and O–H groups in total. The van der Waals surface area contributed by atoms with Crippen LogP contribution in [0, 0.1) is 5.92 Å². The second kappa shape index (κ2) is 7.45. The Kier molecular flexibility index (Phi) is 5.61. The number of ether oxygens (including phenoxy) is 1. The highest BCUT2D eigenvalue weighted by Gasteiger charge is 2.30. The fraction of sp³-hybridized carbons (Fsp3) is 0.467. The number of amides is 1. The van der Waals surface area contributed by atoms with Crippen LogP contribution in [0.15, 0.2) is 28.7 Å². The molecule has 1 saturated heterocycles. The molecule has 1 heterocycles. The molecule has 6 heteroatoms. The summed E-state index contributed by atoms with van der Waals surface area (Å²) in [6, 6.07) is 7.55.